The van der Waals surface area contributed by atoms with Crippen molar-refractivity contribution in [1.82, 2.24) is 19.7 Å². The first-order chi connectivity index (χ1) is 16.2. The number of furan rings is 1. The van der Waals surface area contributed by atoms with Crippen LogP contribution in [0, 0.1) is 6.92 Å². The average Bonchev–Trinajstić information content (AvgIpc) is 3.58. The van der Waals surface area contributed by atoms with Gasteiger partial charge in [0.15, 0.2) is 5.16 Å². The van der Waals surface area contributed by atoms with Gasteiger partial charge in [-0.1, -0.05) is 71.7 Å². The highest BCUT2D eigenvalue weighted by molar-refractivity contribution is 7.98. The third-order valence-electron chi connectivity index (χ3n) is 6.19. The summed E-state index contributed by atoms with van der Waals surface area (Å²) in [6.07, 6.45) is 4.17. The number of thioether (sulfide) groups is 1. The van der Waals surface area contributed by atoms with Gasteiger partial charge in [-0.2, -0.15) is 4.98 Å². The van der Waals surface area contributed by atoms with Gasteiger partial charge in [-0.05, 0) is 31.9 Å². The second kappa shape index (κ2) is 8.19. The summed E-state index contributed by atoms with van der Waals surface area (Å²) in [5, 5.41) is 5.64. The van der Waals surface area contributed by atoms with E-state index in [1.807, 2.05) is 60.0 Å². The minimum Gasteiger partial charge on any atom is -0.448 e. The molecule has 33 heavy (non-hydrogen) atoms. The fraction of sp³-hybridized carbons (Fsp3) is 0.280. The van der Waals surface area contributed by atoms with Crippen molar-refractivity contribution in [2.45, 2.75) is 49.6 Å². The molecule has 3 aromatic heterocycles. The van der Waals surface area contributed by atoms with Gasteiger partial charge in [0.1, 0.15) is 11.1 Å². The van der Waals surface area contributed by atoms with Crippen molar-refractivity contribution in [3.63, 3.8) is 0 Å². The Hall–Kier alpha value is -3.39. The molecule has 0 aliphatic heterocycles. The SMILES string of the molecule is Cc1ccc(-c2noc(CSc3nc4c(oc5ccccc54)c(=O)n3C3CCCC3)n2)cc1. The fourth-order valence-corrected chi connectivity index (χ4v) is 5.38. The van der Waals surface area contributed by atoms with Gasteiger partial charge < -0.3 is 8.94 Å². The van der Waals surface area contributed by atoms with Gasteiger partial charge in [0.2, 0.25) is 17.3 Å². The third-order valence-corrected chi connectivity index (χ3v) is 7.13. The van der Waals surface area contributed by atoms with Crippen molar-refractivity contribution < 1.29 is 8.94 Å². The van der Waals surface area contributed by atoms with Crippen LogP contribution in [0.1, 0.15) is 43.2 Å². The summed E-state index contributed by atoms with van der Waals surface area (Å²) < 4.78 is 13.2. The van der Waals surface area contributed by atoms with Crippen molar-refractivity contribution >= 4 is 33.8 Å². The lowest BCUT2D eigenvalue weighted by molar-refractivity contribution is 0.391. The Morgan fingerprint density at radius 3 is 2.67 bits per heavy atom. The summed E-state index contributed by atoms with van der Waals surface area (Å²) in [5.74, 6) is 1.49. The molecule has 1 fully saturated rings. The van der Waals surface area contributed by atoms with Crippen LogP contribution in [0.4, 0.5) is 0 Å². The van der Waals surface area contributed by atoms with Crippen molar-refractivity contribution in [3.05, 3.63) is 70.3 Å². The Labute approximate surface area is 193 Å². The van der Waals surface area contributed by atoms with Crippen molar-refractivity contribution in [3.8, 4) is 11.4 Å². The highest BCUT2D eigenvalue weighted by Crippen LogP contribution is 2.35. The van der Waals surface area contributed by atoms with E-state index in [-0.39, 0.29) is 11.6 Å². The lowest BCUT2D eigenvalue weighted by Gasteiger charge is -2.17. The number of para-hydroxylation sites is 1. The third kappa shape index (κ3) is 3.64. The molecule has 0 amide bonds. The Morgan fingerprint density at radius 2 is 1.85 bits per heavy atom. The molecular formula is C25H22N4O3S. The van der Waals surface area contributed by atoms with E-state index in [9.17, 15) is 4.79 Å². The quantitative estimate of drug-likeness (QED) is 0.239. The average molecular weight is 459 g/mol. The van der Waals surface area contributed by atoms with Gasteiger partial charge in [0.25, 0.3) is 5.56 Å². The fourth-order valence-electron chi connectivity index (χ4n) is 4.48. The molecule has 1 aliphatic carbocycles. The Balaban J connectivity index is 1.37. The van der Waals surface area contributed by atoms with E-state index >= 15 is 0 Å². The van der Waals surface area contributed by atoms with Crippen LogP contribution in [0.5, 0.6) is 0 Å². The molecule has 0 saturated heterocycles. The topological polar surface area (TPSA) is 87.0 Å². The standard InChI is InChI=1S/C25H22N4O3S/c1-15-10-12-16(13-11-15)23-26-20(32-28-23)14-33-25-27-21-18-8-4-5-9-19(18)31-22(21)24(30)29(25)17-6-2-3-7-17/h4-5,8-13,17H,2-3,6-7,14H2,1H3. The predicted octanol–water partition coefficient (Wildman–Crippen LogP) is 5.91. The molecular weight excluding hydrogens is 436 g/mol. The second-order valence-electron chi connectivity index (χ2n) is 8.45. The summed E-state index contributed by atoms with van der Waals surface area (Å²) in [7, 11) is 0. The monoisotopic (exact) mass is 458 g/mol. The molecule has 0 bridgehead atoms. The highest BCUT2D eigenvalue weighted by atomic mass is 32.2. The number of nitrogens with zero attached hydrogens (tertiary/aromatic N) is 4. The lowest BCUT2D eigenvalue weighted by Crippen LogP contribution is -2.26. The molecule has 5 aromatic rings. The Kier molecular flexibility index (Phi) is 5.02. The molecule has 166 valence electrons. The zero-order chi connectivity index (χ0) is 22.4. The largest absolute Gasteiger partial charge is 0.448 e. The number of hydrogen-bond acceptors (Lipinski definition) is 7. The maximum absolute atomic E-state index is 13.5. The van der Waals surface area contributed by atoms with Crippen molar-refractivity contribution in [2.75, 3.05) is 0 Å². The van der Waals surface area contributed by atoms with Crippen LogP contribution >= 0.6 is 11.8 Å². The van der Waals surface area contributed by atoms with Gasteiger partial charge in [-0.3, -0.25) is 9.36 Å². The summed E-state index contributed by atoms with van der Waals surface area (Å²) in [6.45, 7) is 2.04. The molecule has 7 nitrogen and oxygen atoms in total. The smallest absolute Gasteiger partial charge is 0.298 e. The molecule has 8 heteroatoms. The minimum absolute atomic E-state index is 0.114. The number of aryl methyl sites for hydroxylation is 1. The number of rotatable bonds is 5. The first kappa shape index (κ1) is 20.2. The summed E-state index contributed by atoms with van der Waals surface area (Å²) in [4.78, 5) is 22.9. The van der Waals surface area contributed by atoms with Crippen molar-refractivity contribution in [1.29, 1.82) is 0 Å². The highest BCUT2D eigenvalue weighted by Gasteiger charge is 2.25. The van der Waals surface area contributed by atoms with Gasteiger partial charge in [-0.15, -0.1) is 0 Å². The van der Waals surface area contributed by atoms with Crippen LogP contribution in [0.25, 0.3) is 33.5 Å². The summed E-state index contributed by atoms with van der Waals surface area (Å²) >= 11 is 1.45. The zero-order valence-electron chi connectivity index (χ0n) is 18.2. The van der Waals surface area contributed by atoms with E-state index in [1.165, 1.54) is 17.3 Å². The molecule has 3 heterocycles. The lowest BCUT2D eigenvalue weighted by atomic mass is 10.1. The van der Waals surface area contributed by atoms with Crippen LogP contribution < -0.4 is 5.56 Å². The molecule has 2 aromatic carbocycles. The van der Waals surface area contributed by atoms with Crippen LogP contribution in [-0.2, 0) is 5.75 Å². The maximum Gasteiger partial charge on any atom is 0.298 e. The number of aromatic nitrogens is 4. The first-order valence-corrected chi connectivity index (χ1v) is 12.1. The van der Waals surface area contributed by atoms with Gasteiger partial charge in [0, 0.05) is 17.0 Å². The van der Waals surface area contributed by atoms with E-state index < -0.39 is 0 Å². The van der Waals surface area contributed by atoms with E-state index in [0.717, 1.165) is 36.6 Å². The second-order valence-corrected chi connectivity index (χ2v) is 9.39. The van der Waals surface area contributed by atoms with Gasteiger partial charge >= 0.3 is 0 Å². The van der Waals surface area contributed by atoms with Crippen molar-refractivity contribution in [2.24, 2.45) is 0 Å². The van der Waals surface area contributed by atoms with Gasteiger partial charge in [0.05, 0.1) is 5.75 Å². The van der Waals surface area contributed by atoms with Crippen LogP contribution in [-0.4, -0.2) is 19.7 Å². The molecule has 1 aliphatic rings. The van der Waals surface area contributed by atoms with Crippen LogP contribution in [0.3, 0.4) is 0 Å². The van der Waals surface area contributed by atoms with E-state index in [2.05, 4.69) is 10.1 Å². The molecule has 0 atom stereocenters. The number of hydrogen-bond donors (Lipinski definition) is 0. The van der Waals surface area contributed by atoms with E-state index in [4.69, 9.17) is 13.9 Å². The number of fused-ring (bicyclic) bond motifs is 3. The number of benzene rings is 2. The first-order valence-electron chi connectivity index (χ1n) is 11.1. The zero-order valence-corrected chi connectivity index (χ0v) is 19.0. The molecule has 0 N–H and O–H groups in total. The molecule has 6 rings (SSSR count). The normalized spacial score (nSPS) is 14.6. The van der Waals surface area contributed by atoms with E-state index in [0.29, 0.717) is 39.3 Å². The Bertz CT molecular complexity index is 1510. The minimum atomic E-state index is -0.114. The van der Waals surface area contributed by atoms with E-state index in [1.54, 1.807) is 0 Å². The van der Waals surface area contributed by atoms with Gasteiger partial charge in [-0.25, -0.2) is 4.98 Å². The molecule has 0 radical (unpaired) electrons. The predicted molar refractivity (Wildman–Crippen MR) is 127 cm³/mol. The molecule has 1 saturated carbocycles. The summed E-state index contributed by atoms with van der Waals surface area (Å²) in [5.41, 5.74) is 3.59. The van der Waals surface area contributed by atoms with Crippen LogP contribution in [0.15, 0.2) is 67.4 Å². The molecule has 0 spiro atoms. The Morgan fingerprint density at radius 1 is 1.06 bits per heavy atom. The van der Waals surface area contributed by atoms with Crippen LogP contribution in [0.2, 0.25) is 0 Å². The molecule has 0 unspecified atom stereocenters. The summed E-state index contributed by atoms with van der Waals surface area (Å²) in [6, 6.07) is 15.8. The maximum atomic E-state index is 13.5.